The van der Waals surface area contributed by atoms with Gasteiger partial charge in [-0.15, -0.1) is 0 Å². The first kappa shape index (κ1) is 26.2. The molecule has 10 nitrogen and oxygen atoms in total. The molecule has 3 rings (SSSR count). The van der Waals surface area contributed by atoms with Crippen molar-refractivity contribution in [1.82, 2.24) is 15.0 Å². The van der Waals surface area contributed by atoms with Gasteiger partial charge in [-0.1, -0.05) is 23.2 Å². The Morgan fingerprint density at radius 2 is 1.94 bits per heavy atom. The fraction of sp³-hybridized carbons (Fsp3) is 0.182. The van der Waals surface area contributed by atoms with Crippen molar-refractivity contribution in [2.24, 2.45) is 0 Å². The van der Waals surface area contributed by atoms with Crippen LogP contribution in [0.5, 0.6) is 11.5 Å². The van der Waals surface area contributed by atoms with Gasteiger partial charge in [0.2, 0.25) is 0 Å². The Balaban J connectivity index is 1.82. The molecule has 0 aromatic carbocycles. The molecular weight excluding hydrogens is 563 g/mol. The molecule has 0 aliphatic carbocycles. The van der Waals surface area contributed by atoms with Gasteiger partial charge in [-0.3, -0.25) is 20.4 Å². The van der Waals surface area contributed by atoms with Crippen LogP contribution in [0, 0.1) is 11.3 Å². The Morgan fingerprint density at radius 1 is 1.23 bits per heavy atom. The minimum atomic E-state index is -0.714. The van der Waals surface area contributed by atoms with E-state index in [9.17, 15) is 14.9 Å². The number of nitrogens with zero attached hydrogens (tertiary/aromatic N) is 4. The summed E-state index contributed by atoms with van der Waals surface area (Å²) in [5.74, 6) is 0.530. The van der Waals surface area contributed by atoms with Crippen molar-refractivity contribution in [2.45, 2.75) is 20.0 Å². The number of carbonyl (C=O) groups excluding carboxylic acids is 2. The second-order valence-corrected chi connectivity index (χ2v) is 8.46. The van der Waals surface area contributed by atoms with Crippen LogP contribution in [-0.4, -0.2) is 33.9 Å². The highest BCUT2D eigenvalue weighted by Gasteiger charge is 2.19. The number of rotatable bonds is 8. The number of anilines is 2. The van der Waals surface area contributed by atoms with Crippen LogP contribution in [0.1, 0.15) is 41.6 Å². The van der Waals surface area contributed by atoms with E-state index in [1.54, 1.807) is 13.8 Å². The Labute approximate surface area is 218 Å². The van der Waals surface area contributed by atoms with Crippen LogP contribution in [0.3, 0.4) is 0 Å². The fourth-order valence-corrected chi connectivity index (χ4v) is 3.99. The molecule has 0 bridgehead atoms. The lowest BCUT2D eigenvalue weighted by atomic mass is 10.1. The summed E-state index contributed by atoms with van der Waals surface area (Å²) in [6.45, 7) is 3.78. The molecule has 0 spiro atoms. The summed E-state index contributed by atoms with van der Waals surface area (Å²) < 4.78 is 11.8. The van der Waals surface area contributed by atoms with Crippen molar-refractivity contribution >= 4 is 63.1 Å². The first-order chi connectivity index (χ1) is 16.8. The second kappa shape index (κ2) is 11.8. The third-order valence-corrected chi connectivity index (χ3v) is 5.68. The van der Waals surface area contributed by atoms with Gasteiger partial charge < -0.3 is 9.47 Å². The molecule has 3 aromatic rings. The quantitative estimate of drug-likeness (QED) is 0.319. The summed E-state index contributed by atoms with van der Waals surface area (Å²) in [7, 11) is 0. The van der Waals surface area contributed by atoms with E-state index in [1.807, 2.05) is 6.07 Å². The van der Waals surface area contributed by atoms with E-state index in [0.717, 1.165) is 0 Å². The molecule has 2 N–H and O–H groups in total. The molecule has 0 unspecified atom stereocenters. The number of nitrogens with one attached hydrogen (secondary N) is 2. The van der Waals surface area contributed by atoms with Crippen LogP contribution >= 0.6 is 39.1 Å². The Kier molecular flexibility index (Phi) is 8.81. The van der Waals surface area contributed by atoms with E-state index in [1.165, 1.54) is 30.7 Å². The molecule has 0 fully saturated rings. The smallest absolute Gasteiger partial charge is 0.326 e. The van der Waals surface area contributed by atoms with Gasteiger partial charge in [0.05, 0.1) is 27.3 Å². The summed E-state index contributed by atoms with van der Waals surface area (Å²) in [6.07, 6.45) is 4.01. The number of ether oxygens (including phenoxy) is 2. The van der Waals surface area contributed by atoms with Crippen molar-refractivity contribution in [3.63, 3.8) is 0 Å². The molecule has 0 radical (unpaired) electrons. The van der Waals surface area contributed by atoms with Crippen LogP contribution in [0.4, 0.5) is 16.4 Å². The van der Waals surface area contributed by atoms with Crippen LogP contribution in [-0.2, 0) is 0 Å². The fourth-order valence-electron chi connectivity index (χ4n) is 2.92. The highest BCUT2D eigenvalue weighted by Crippen LogP contribution is 2.34. The second-order valence-electron chi connectivity index (χ2n) is 6.79. The molecule has 1 atom stereocenters. The van der Waals surface area contributed by atoms with Gasteiger partial charge in [-0.25, -0.2) is 14.8 Å². The lowest BCUT2D eigenvalue weighted by Gasteiger charge is -2.18. The Morgan fingerprint density at radius 3 is 2.57 bits per heavy atom. The van der Waals surface area contributed by atoms with Gasteiger partial charge in [-0.05, 0) is 29.8 Å². The maximum absolute atomic E-state index is 12.6. The molecule has 0 aliphatic heterocycles. The molecule has 2 amide bonds. The summed E-state index contributed by atoms with van der Waals surface area (Å²) in [5, 5.41) is 15.1. The van der Waals surface area contributed by atoms with Crippen molar-refractivity contribution in [3.8, 4) is 17.6 Å². The highest BCUT2D eigenvalue weighted by atomic mass is 79.9. The van der Waals surface area contributed by atoms with Gasteiger partial charge in [0.15, 0.2) is 17.9 Å². The van der Waals surface area contributed by atoms with E-state index < -0.39 is 12.1 Å². The number of aldehydes is 1. The molecule has 35 heavy (non-hydrogen) atoms. The van der Waals surface area contributed by atoms with Crippen LogP contribution in [0.2, 0.25) is 10.0 Å². The van der Waals surface area contributed by atoms with Crippen molar-refractivity contribution in [3.05, 3.63) is 62.1 Å². The van der Waals surface area contributed by atoms with Crippen LogP contribution in [0.15, 0.2) is 35.2 Å². The number of halogens is 3. The molecule has 3 heterocycles. The number of hydrogen-bond acceptors (Lipinski definition) is 8. The lowest BCUT2D eigenvalue weighted by molar-refractivity contribution is 0.111. The third-order valence-electron chi connectivity index (χ3n) is 4.44. The molecular formula is C22H17BrCl2N6O4. The maximum atomic E-state index is 12.6. The molecule has 13 heteroatoms. The summed E-state index contributed by atoms with van der Waals surface area (Å²) in [6, 6.07) is 4.18. The number of amides is 2. The SMILES string of the molecule is CCOc1cc(Br)c(C=O)nc1NC(=O)Nc1cc(O[C@H](C)c2c(Cl)cncc2Cl)c(C#N)cn1. The minimum Gasteiger partial charge on any atom is -0.490 e. The molecule has 3 aromatic heterocycles. The standard InChI is InChI=1S/C22H17BrCl2N6O4/c1-3-34-18-4-13(23)16(10-32)29-21(18)31-22(33)30-19-5-17(12(6-26)7-28-19)35-11(2)20-14(24)8-27-9-15(20)25/h4-5,7-11H,3H2,1-2H3,(H2,28,29,30,31,33)/t11-/m1/s1. The van der Waals surface area contributed by atoms with Gasteiger partial charge >= 0.3 is 6.03 Å². The Hall–Kier alpha value is -3.46. The summed E-state index contributed by atoms with van der Waals surface area (Å²) >= 11 is 15.6. The first-order valence-electron chi connectivity index (χ1n) is 9.99. The zero-order chi connectivity index (χ0) is 25.5. The van der Waals surface area contributed by atoms with Crippen molar-refractivity contribution in [1.29, 1.82) is 5.26 Å². The van der Waals surface area contributed by atoms with Gasteiger partial charge in [0.25, 0.3) is 0 Å². The average Bonchev–Trinajstić information content (AvgIpc) is 2.81. The molecule has 0 saturated carbocycles. The number of aromatic nitrogens is 3. The van der Waals surface area contributed by atoms with Gasteiger partial charge in [0, 0.05) is 30.1 Å². The van der Waals surface area contributed by atoms with Crippen molar-refractivity contribution < 1.29 is 19.1 Å². The van der Waals surface area contributed by atoms with E-state index >= 15 is 0 Å². The predicted octanol–water partition coefficient (Wildman–Crippen LogP) is 5.81. The van der Waals surface area contributed by atoms with Crippen LogP contribution < -0.4 is 20.1 Å². The monoisotopic (exact) mass is 578 g/mol. The largest absolute Gasteiger partial charge is 0.490 e. The number of nitriles is 1. The lowest BCUT2D eigenvalue weighted by Crippen LogP contribution is -2.22. The summed E-state index contributed by atoms with van der Waals surface area (Å²) in [4.78, 5) is 35.9. The van der Waals surface area contributed by atoms with Gasteiger partial charge in [-0.2, -0.15) is 5.26 Å². The van der Waals surface area contributed by atoms with E-state index in [0.29, 0.717) is 33.0 Å². The van der Waals surface area contributed by atoms with Crippen LogP contribution in [0.25, 0.3) is 0 Å². The van der Waals surface area contributed by atoms with Crippen molar-refractivity contribution in [2.75, 3.05) is 17.2 Å². The summed E-state index contributed by atoms with van der Waals surface area (Å²) in [5.41, 5.74) is 0.707. The van der Waals surface area contributed by atoms with E-state index in [-0.39, 0.29) is 34.4 Å². The minimum absolute atomic E-state index is 0.0374. The zero-order valence-corrected chi connectivity index (χ0v) is 21.4. The van der Waals surface area contributed by atoms with Gasteiger partial charge in [0.1, 0.15) is 35.0 Å². The van der Waals surface area contributed by atoms with E-state index in [4.69, 9.17) is 32.7 Å². The number of pyridine rings is 3. The Bertz CT molecular complexity index is 1300. The predicted molar refractivity (Wildman–Crippen MR) is 133 cm³/mol. The first-order valence-corrected chi connectivity index (χ1v) is 11.5. The molecule has 180 valence electrons. The number of hydrogen-bond donors (Lipinski definition) is 2. The maximum Gasteiger partial charge on any atom is 0.326 e. The van der Waals surface area contributed by atoms with E-state index in [2.05, 4.69) is 41.5 Å². The zero-order valence-electron chi connectivity index (χ0n) is 18.3. The third kappa shape index (κ3) is 6.36. The molecule has 0 aliphatic rings. The average molecular weight is 580 g/mol. The molecule has 0 saturated heterocycles. The topological polar surface area (TPSA) is 139 Å². The number of carbonyl (C=O) groups is 2. The normalized spacial score (nSPS) is 11.2. The highest BCUT2D eigenvalue weighted by molar-refractivity contribution is 9.10. The number of urea groups is 1.